The van der Waals surface area contributed by atoms with Gasteiger partial charge in [-0.25, -0.2) is 19.6 Å². The molecule has 4 bridgehead atoms. The number of aromatic nitrogens is 4. The molecular formula is C50H62N8O6. The number of aromatic amines is 2. The number of carbonyl (C=O) groups is 4. The maximum Gasteiger partial charge on any atom is 0.407 e. The van der Waals surface area contributed by atoms with Crippen LogP contribution in [-0.2, 0) is 19.1 Å². The predicted octanol–water partition coefficient (Wildman–Crippen LogP) is 8.95. The molecule has 2 saturated heterocycles. The van der Waals surface area contributed by atoms with Gasteiger partial charge in [-0.05, 0) is 133 Å². The Morgan fingerprint density at radius 3 is 1.30 bits per heavy atom. The van der Waals surface area contributed by atoms with Crippen LogP contribution in [0.2, 0.25) is 0 Å². The van der Waals surface area contributed by atoms with Crippen LogP contribution in [0, 0.1) is 11.8 Å². The van der Waals surface area contributed by atoms with E-state index in [2.05, 4.69) is 44.9 Å². The lowest BCUT2D eigenvalue weighted by Crippen LogP contribution is -2.51. The summed E-state index contributed by atoms with van der Waals surface area (Å²) < 4.78 is 9.68. The van der Waals surface area contributed by atoms with Crippen LogP contribution in [-0.4, -0.2) is 93.1 Å². The van der Waals surface area contributed by atoms with Crippen molar-refractivity contribution in [3.63, 3.8) is 0 Å². The van der Waals surface area contributed by atoms with Crippen molar-refractivity contribution in [1.29, 1.82) is 0 Å². The van der Waals surface area contributed by atoms with Crippen LogP contribution >= 0.6 is 0 Å². The normalized spacial score (nSPS) is 24.9. The average molecular weight is 871 g/mol. The Morgan fingerprint density at radius 1 is 0.578 bits per heavy atom. The van der Waals surface area contributed by atoms with Gasteiger partial charge in [-0.3, -0.25) is 9.59 Å². The lowest BCUT2D eigenvalue weighted by molar-refractivity contribution is -0.136. The number of hydrogen-bond acceptors (Lipinski definition) is 8. The van der Waals surface area contributed by atoms with Crippen LogP contribution < -0.4 is 10.6 Å². The van der Waals surface area contributed by atoms with Crippen LogP contribution in [0.25, 0.3) is 33.6 Å². The molecule has 2 aromatic carbocycles. The smallest absolute Gasteiger partial charge is 0.407 e. The number of H-pyrrole nitrogens is 2. The first-order valence-corrected chi connectivity index (χ1v) is 23.7. The molecule has 2 saturated carbocycles. The summed E-state index contributed by atoms with van der Waals surface area (Å²) in [6.07, 6.45) is 13.2. The van der Waals surface area contributed by atoms with Gasteiger partial charge in [0.15, 0.2) is 0 Å². The molecule has 8 unspecified atom stereocenters. The predicted molar refractivity (Wildman–Crippen MR) is 241 cm³/mol. The zero-order valence-corrected chi connectivity index (χ0v) is 38.0. The number of nitrogens with one attached hydrogen (secondary N) is 4. The fourth-order valence-corrected chi connectivity index (χ4v) is 12.7. The van der Waals surface area contributed by atoms with Crippen LogP contribution in [0.15, 0.2) is 36.7 Å². The number of fused-ring (bicyclic) bond motifs is 10. The van der Waals surface area contributed by atoms with E-state index >= 15 is 0 Å². The van der Waals surface area contributed by atoms with Gasteiger partial charge in [0.25, 0.3) is 0 Å². The molecule has 8 atom stereocenters. The van der Waals surface area contributed by atoms with Crippen molar-refractivity contribution in [1.82, 2.24) is 40.4 Å². The minimum absolute atomic E-state index is 0.100. The Bertz CT molecular complexity index is 2320. The fraction of sp³-hybridized carbons (Fsp3) is 0.560. The molecule has 10 rings (SSSR count). The SMILES string of the molecule is COC(=O)NC(C(=O)N1CCCC1c1ncc(-c2ccc(-c3ccc(-c4cnc(C5CCCN5C(=O)C(NC(=O)OC)C(C)C)[nH]4)c4c3C3CCC4C3)c3c2C2CCC3C2)[nH]1)C(C)C. The van der Waals surface area contributed by atoms with Crippen LogP contribution in [0.4, 0.5) is 9.59 Å². The number of nitrogens with zero attached hydrogens (tertiary/aromatic N) is 4. The molecule has 4 amide bonds. The van der Waals surface area contributed by atoms with E-state index in [1.54, 1.807) is 0 Å². The first-order valence-electron chi connectivity index (χ1n) is 23.7. The van der Waals surface area contributed by atoms with Gasteiger partial charge in [0.05, 0.1) is 50.1 Å². The minimum Gasteiger partial charge on any atom is -0.453 e. The van der Waals surface area contributed by atoms with Gasteiger partial charge in [-0.15, -0.1) is 0 Å². The molecule has 4 aliphatic carbocycles. The summed E-state index contributed by atoms with van der Waals surface area (Å²) in [7, 11) is 2.63. The quantitative estimate of drug-likeness (QED) is 0.116. The summed E-state index contributed by atoms with van der Waals surface area (Å²) in [5.41, 5.74) is 13.1. The van der Waals surface area contributed by atoms with Crippen LogP contribution in [0.1, 0.15) is 162 Å². The summed E-state index contributed by atoms with van der Waals surface area (Å²) in [4.78, 5) is 73.1. The van der Waals surface area contributed by atoms with Crippen molar-refractivity contribution in [2.45, 2.75) is 140 Å². The number of carbonyl (C=O) groups excluding carboxylic acids is 4. The summed E-state index contributed by atoms with van der Waals surface area (Å²) >= 11 is 0. The van der Waals surface area contributed by atoms with Gasteiger partial charge in [-0.2, -0.15) is 0 Å². The third-order valence-electron chi connectivity index (χ3n) is 15.6. The highest BCUT2D eigenvalue weighted by molar-refractivity contribution is 5.88. The van der Waals surface area contributed by atoms with Gasteiger partial charge in [0.1, 0.15) is 23.7 Å². The molecule has 338 valence electrons. The Morgan fingerprint density at radius 2 is 0.938 bits per heavy atom. The number of rotatable bonds is 11. The van der Waals surface area contributed by atoms with E-state index in [-0.39, 0.29) is 35.7 Å². The fourth-order valence-electron chi connectivity index (χ4n) is 12.7. The van der Waals surface area contributed by atoms with Crippen molar-refractivity contribution >= 4 is 24.0 Å². The number of ether oxygens (including phenoxy) is 2. The zero-order valence-electron chi connectivity index (χ0n) is 38.0. The molecule has 4 heterocycles. The van der Waals surface area contributed by atoms with Gasteiger partial charge < -0.3 is 39.9 Å². The second-order valence-electron chi connectivity index (χ2n) is 19.8. The largest absolute Gasteiger partial charge is 0.453 e. The zero-order chi connectivity index (χ0) is 44.6. The van der Waals surface area contributed by atoms with Crippen molar-refractivity contribution in [3.05, 3.63) is 70.6 Å². The van der Waals surface area contributed by atoms with E-state index in [1.807, 2.05) is 49.9 Å². The summed E-state index contributed by atoms with van der Waals surface area (Å²) in [5, 5.41) is 5.52. The minimum atomic E-state index is -0.682. The number of imidazole rings is 2. The highest BCUT2D eigenvalue weighted by Crippen LogP contribution is 2.62. The highest BCUT2D eigenvalue weighted by atomic mass is 16.5. The molecule has 6 aliphatic rings. The lowest BCUT2D eigenvalue weighted by Gasteiger charge is -2.30. The number of alkyl carbamates (subject to hydrolysis) is 2. The molecule has 4 N–H and O–H groups in total. The van der Waals surface area contributed by atoms with E-state index in [9.17, 15) is 19.2 Å². The second-order valence-corrected chi connectivity index (χ2v) is 19.8. The van der Waals surface area contributed by atoms with Crippen molar-refractivity contribution < 1.29 is 28.7 Å². The second kappa shape index (κ2) is 16.7. The van der Waals surface area contributed by atoms with Gasteiger partial charge in [0, 0.05) is 24.2 Å². The number of benzene rings is 2. The average Bonchev–Trinajstić information content (AvgIpc) is 4.16. The summed E-state index contributed by atoms with van der Waals surface area (Å²) in [5.74, 6) is 3.21. The van der Waals surface area contributed by atoms with Crippen molar-refractivity contribution in [2.24, 2.45) is 11.8 Å². The van der Waals surface area contributed by atoms with Gasteiger partial charge >= 0.3 is 12.2 Å². The van der Waals surface area contributed by atoms with Crippen molar-refractivity contribution in [3.8, 4) is 33.6 Å². The third kappa shape index (κ3) is 7.06. The molecule has 2 aliphatic heterocycles. The highest BCUT2D eigenvalue weighted by Gasteiger charge is 2.45. The number of amides is 4. The summed E-state index contributed by atoms with van der Waals surface area (Å²) in [6, 6.07) is 7.61. The molecule has 0 spiro atoms. The maximum absolute atomic E-state index is 13.9. The number of methoxy groups -OCH3 is 2. The van der Waals surface area contributed by atoms with Gasteiger partial charge in [-0.1, -0.05) is 52.0 Å². The topological polar surface area (TPSA) is 175 Å². The molecule has 14 heteroatoms. The van der Waals surface area contributed by atoms with E-state index in [0.29, 0.717) is 36.8 Å². The molecule has 64 heavy (non-hydrogen) atoms. The molecule has 2 aromatic heterocycles. The maximum atomic E-state index is 13.9. The number of likely N-dealkylation sites (tertiary alicyclic amines) is 2. The molecular weight excluding hydrogens is 809 g/mol. The summed E-state index contributed by atoms with van der Waals surface area (Å²) in [6.45, 7) is 8.96. The molecule has 4 aromatic rings. The Balaban J connectivity index is 0.956. The Hall–Kier alpha value is -5.66. The van der Waals surface area contributed by atoms with Gasteiger partial charge in [0.2, 0.25) is 11.8 Å². The van der Waals surface area contributed by atoms with E-state index in [0.717, 1.165) is 48.7 Å². The molecule has 4 fully saturated rings. The first kappa shape index (κ1) is 42.3. The molecule has 14 nitrogen and oxygen atoms in total. The van der Waals surface area contributed by atoms with Crippen molar-refractivity contribution in [2.75, 3.05) is 27.3 Å². The Labute approximate surface area is 375 Å². The van der Waals surface area contributed by atoms with E-state index in [1.165, 1.54) is 97.3 Å². The third-order valence-corrected chi connectivity index (χ3v) is 15.6. The van der Waals surface area contributed by atoms with Crippen LogP contribution in [0.5, 0.6) is 0 Å². The molecule has 0 radical (unpaired) electrons. The first-order chi connectivity index (χ1) is 30.9. The Kier molecular flexibility index (Phi) is 11.0. The number of hydrogen-bond donors (Lipinski definition) is 4. The van der Waals surface area contributed by atoms with Crippen LogP contribution in [0.3, 0.4) is 0 Å². The van der Waals surface area contributed by atoms with E-state index < -0.39 is 24.3 Å². The standard InChI is InChI=1S/C50H62N8O6/c1-25(2)43(55-49(61)63-5)47(59)57-19-7-9-37(57)45-51-23-35(53-45)33-17-15-31(39-27-11-13-29(21-27)41(33)39)32-16-18-34(42-30-14-12-28(22-30)40(32)42)36-24-52-46(54-36)38-10-8-20-58(38)48(60)44(26(3)4)56-50(62)64-6/h15-18,23-30,37-38,43-44H,7-14,19-22H2,1-6H3,(H,51,53)(H,52,54)(H,55,61)(H,56,62). The monoisotopic (exact) mass is 870 g/mol. The lowest BCUT2D eigenvalue weighted by atomic mass is 9.78. The van der Waals surface area contributed by atoms with E-state index in [4.69, 9.17) is 19.4 Å².